The van der Waals surface area contributed by atoms with Crippen LogP contribution >= 0.6 is 23.4 Å². The summed E-state index contributed by atoms with van der Waals surface area (Å²) in [6, 6.07) is 9.72. The number of rotatable bonds is 4. The summed E-state index contributed by atoms with van der Waals surface area (Å²) in [5.41, 5.74) is -0.469. The van der Waals surface area contributed by atoms with Crippen molar-refractivity contribution in [2.24, 2.45) is 0 Å². The van der Waals surface area contributed by atoms with Crippen LogP contribution in [0, 0.1) is 0 Å². The second kappa shape index (κ2) is 6.62. The van der Waals surface area contributed by atoms with E-state index in [1.807, 2.05) is 0 Å². The summed E-state index contributed by atoms with van der Waals surface area (Å²) in [5, 5.41) is 9.49. The molecule has 0 unspecified atom stereocenters. The van der Waals surface area contributed by atoms with Crippen molar-refractivity contribution in [1.82, 2.24) is 0 Å². The van der Waals surface area contributed by atoms with E-state index in [4.69, 9.17) is 16.7 Å². The van der Waals surface area contributed by atoms with Crippen molar-refractivity contribution in [3.63, 3.8) is 0 Å². The number of benzene rings is 2. The molecule has 0 heterocycles. The van der Waals surface area contributed by atoms with E-state index in [0.29, 0.717) is 16.8 Å². The first-order chi connectivity index (χ1) is 10.3. The summed E-state index contributed by atoms with van der Waals surface area (Å²) in [6.07, 6.45) is -4.58. The highest BCUT2D eigenvalue weighted by atomic mass is 35.5. The predicted molar refractivity (Wildman–Crippen MR) is 79.4 cm³/mol. The quantitative estimate of drug-likeness (QED) is 0.758. The number of alkyl halides is 3. The van der Waals surface area contributed by atoms with Crippen LogP contribution in [0.15, 0.2) is 47.4 Å². The maximum atomic E-state index is 12.8. The van der Waals surface area contributed by atoms with E-state index < -0.39 is 17.7 Å². The molecule has 7 heteroatoms. The Balaban J connectivity index is 2.24. The Labute approximate surface area is 133 Å². The fourth-order valence-corrected chi connectivity index (χ4v) is 2.79. The van der Waals surface area contributed by atoms with E-state index in [-0.39, 0.29) is 10.5 Å². The third-order valence-electron chi connectivity index (χ3n) is 2.80. The fourth-order valence-electron chi connectivity index (χ4n) is 1.72. The van der Waals surface area contributed by atoms with E-state index in [9.17, 15) is 18.0 Å². The highest BCUT2D eigenvalue weighted by molar-refractivity contribution is 7.98. The first-order valence-corrected chi connectivity index (χ1v) is 7.45. The largest absolute Gasteiger partial charge is 0.478 e. The second-order valence-electron chi connectivity index (χ2n) is 4.46. The lowest BCUT2D eigenvalue weighted by Gasteiger charge is -2.10. The topological polar surface area (TPSA) is 37.3 Å². The van der Waals surface area contributed by atoms with Gasteiger partial charge >= 0.3 is 12.1 Å². The van der Waals surface area contributed by atoms with Crippen molar-refractivity contribution >= 4 is 29.3 Å². The van der Waals surface area contributed by atoms with Crippen LogP contribution in [0.1, 0.15) is 21.5 Å². The molecule has 0 saturated heterocycles. The number of aromatic carboxylic acids is 1. The molecule has 2 aromatic rings. The predicted octanol–water partition coefficient (Wildman–Crippen LogP) is 5.35. The standard InChI is InChI=1S/C15H10ClF3O2S/c16-12-3-1-9(2-4-12)8-22-13-6-10(14(20)21)5-11(7-13)15(17,18)19/h1-7H,8H2,(H,20,21). The Morgan fingerprint density at radius 2 is 1.77 bits per heavy atom. The Hall–Kier alpha value is -1.66. The minimum Gasteiger partial charge on any atom is -0.478 e. The zero-order chi connectivity index (χ0) is 16.3. The maximum Gasteiger partial charge on any atom is 0.416 e. The van der Waals surface area contributed by atoms with Gasteiger partial charge in [0.1, 0.15) is 0 Å². The Bertz CT molecular complexity index is 684. The average Bonchev–Trinajstić information content (AvgIpc) is 2.45. The van der Waals surface area contributed by atoms with Gasteiger partial charge in [0, 0.05) is 15.7 Å². The van der Waals surface area contributed by atoms with E-state index in [0.717, 1.165) is 23.4 Å². The Morgan fingerprint density at radius 3 is 2.32 bits per heavy atom. The number of hydrogen-bond acceptors (Lipinski definition) is 2. The monoisotopic (exact) mass is 346 g/mol. The molecule has 116 valence electrons. The minimum atomic E-state index is -4.58. The van der Waals surface area contributed by atoms with Crippen LogP contribution in [0.5, 0.6) is 0 Å². The number of thioether (sulfide) groups is 1. The van der Waals surface area contributed by atoms with E-state index >= 15 is 0 Å². The van der Waals surface area contributed by atoms with E-state index in [2.05, 4.69) is 0 Å². The first-order valence-electron chi connectivity index (χ1n) is 6.08. The van der Waals surface area contributed by atoms with E-state index in [1.54, 1.807) is 24.3 Å². The van der Waals surface area contributed by atoms with Gasteiger partial charge in [-0.05, 0) is 35.9 Å². The normalized spacial score (nSPS) is 11.5. The molecule has 2 aromatic carbocycles. The molecule has 0 spiro atoms. The second-order valence-corrected chi connectivity index (χ2v) is 5.95. The molecule has 0 fully saturated rings. The van der Waals surface area contributed by atoms with Gasteiger partial charge in [0.15, 0.2) is 0 Å². The molecule has 0 saturated carbocycles. The average molecular weight is 347 g/mol. The van der Waals surface area contributed by atoms with Gasteiger partial charge in [-0.3, -0.25) is 0 Å². The van der Waals surface area contributed by atoms with Gasteiger partial charge in [0.2, 0.25) is 0 Å². The third-order valence-corrected chi connectivity index (χ3v) is 4.10. The summed E-state index contributed by atoms with van der Waals surface area (Å²) in [5.74, 6) is -0.975. The number of carbonyl (C=O) groups is 1. The Kier molecular flexibility index (Phi) is 5.03. The van der Waals surface area contributed by atoms with Crippen LogP contribution in [-0.2, 0) is 11.9 Å². The molecule has 0 bridgehead atoms. The van der Waals surface area contributed by atoms with Crippen molar-refractivity contribution < 1.29 is 23.1 Å². The summed E-state index contributed by atoms with van der Waals surface area (Å²) in [7, 11) is 0. The fraction of sp³-hybridized carbons (Fsp3) is 0.133. The molecule has 0 aromatic heterocycles. The minimum absolute atomic E-state index is 0.252. The SMILES string of the molecule is O=C(O)c1cc(SCc2ccc(Cl)cc2)cc(C(F)(F)F)c1. The first kappa shape index (κ1) is 16.7. The van der Waals surface area contributed by atoms with Gasteiger partial charge in [-0.2, -0.15) is 13.2 Å². The molecule has 0 aliphatic rings. The molecular weight excluding hydrogens is 337 g/mol. The molecule has 2 nitrogen and oxygen atoms in total. The summed E-state index contributed by atoms with van der Waals surface area (Å²) in [4.78, 5) is 11.2. The Morgan fingerprint density at radius 1 is 1.14 bits per heavy atom. The van der Waals surface area contributed by atoms with Crippen molar-refractivity contribution in [1.29, 1.82) is 0 Å². The number of hydrogen-bond donors (Lipinski definition) is 1. The van der Waals surface area contributed by atoms with Gasteiger partial charge in [-0.15, -0.1) is 11.8 Å². The molecule has 22 heavy (non-hydrogen) atoms. The van der Waals surface area contributed by atoms with Gasteiger partial charge in [-0.25, -0.2) is 4.79 Å². The molecule has 0 atom stereocenters. The number of carboxylic acids is 1. The van der Waals surface area contributed by atoms with Gasteiger partial charge < -0.3 is 5.11 Å². The third kappa shape index (κ3) is 4.42. The van der Waals surface area contributed by atoms with Crippen molar-refractivity contribution in [3.05, 3.63) is 64.2 Å². The summed E-state index contributed by atoms with van der Waals surface area (Å²) >= 11 is 6.89. The maximum absolute atomic E-state index is 12.8. The van der Waals surface area contributed by atoms with Gasteiger partial charge in [-0.1, -0.05) is 23.7 Å². The highest BCUT2D eigenvalue weighted by Crippen LogP contribution is 2.34. The van der Waals surface area contributed by atoms with Crippen molar-refractivity contribution in [2.45, 2.75) is 16.8 Å². The van der Waals surface area contributed by atoms with Crippen molar-refractivity contribution in [3.8, 4) is 0 Å². The van der Waals surface area contributed by atoms with Gasteiger partial charge in [0.25, 0.3) is 0 Å². The molecular formula is C15H10ClF3O2S. The molecule has 0 aliphatic carbocycles. The summed E-state index contributed by atoms with van der Waals surface area (Å²) in [6.45, 7) is 0. The van der Waals surface area contributed by atoms with E-state index in [1.165, 1.54) is 6.07 Å². The summed E-state index contributed by atoms with van der Waals surface area (Å²) < 4.78 is 38.4. The van der Waals surface area contributed by atoms with Crippen LogP contribution < -0.4 is 0 Å². The van der Waals surface area contributed by atoms with Crippen LogP contribution in [0.2, 0.25) is 5.02 Å². The zero-order valence-corrected chi connectivity index (χ0v) is 12.6. The molecule has 0 radical (unpaired) electrons. The number of carboxylic acid groups (broad SMARTS) is 1. The number of halogens is 4. The smallest absolute Gasteiger partial charge is 0.416 e. The molecule has 0 aliphatic heterocycles. The molecule has 1 N–H and O–H groups in total. The molecule has 0 amide bonds. The lowest BCUT2D eigenvalue weighted by atomic mass is 10.1. The van der Waals surface area contributed by atoms with Crippen LogP contribution in [0.3, 0.4) is 0 Å². The van der Waals surface area contributed by atoms with Gasteiger partial charge in [0.05, 0.1) is 11.1 Å². The zero-order valence-electron chi connectivity index (χ0n) is 11.0. The van der Waals surface area contributed by atoms with Crippen LogP contribution in [0.4, 0.5) is 13.2 Å². The molecule has 2 rings (SSSR count). The van der Waals surface area contributed by atoms with Crippen molar-refractivity contribution in [2.75, 3.05) is 0 Å². The van der Waals surface area contributed by atoms with Crippen LogP contribution in [0.25, 0.3) is 0 Å². The lowest BCUT2D eigenvalue weighted by molar-refractivity contribution is -0.137. The lowest BCUT2D eigenvalue weighted by Crippen LogP contribution is -2.08. The highest BCUT2D eigenvalue weighted by Gasteiger charge is 2.31. The van der Waals surface area contributed by atoms with Crippen LogP contribution in [-0.4, -0.2) is 11.1 Å².